The second-order valence-corrected chi connectivity index (χ2v) is 7.00. The van der Waals surface area contributed by atoms with Gasteiger partial charge in [-0.15, -0.1) is 0 Å². The van der Waals surface area contributed by atoms with Gasteiger partial charge in [-0.3, -0.25) is 0 Å². The van der Waals surface area contributed by atoms with E-state index in [-0.39, 0.29) is 0 Å². The maximum atomic E-state index is 3.59. The normalized spacial score (nSPS) is 32.7. The number of nitrogens with zero attached hydrogens (tertiary/aromatic N) is 1. The first-order valence-electron chi connectivity index (χ1n) is 8.03. The van der Waals surface area contributed by atoms with Crippen LogP contribution < -0.4 is 5.32 Å². The van der Waals surface area contributed by atoms with Crippen LogP contribution in [0.2, 0.25) is 0 Å². The van der Waals surface area contributed by atoms with Crippen molar-refractivity contribution in [3.63, 3.8) is 0 Å². The summed E-state index contributed by atoms with van der Waals surface area (Å²) < 4.78 is 0. The van der Waals surface area contributed by atoms with Crippen LogP contribution in [0.4, 0.5) is 0 Å². The molecule has 18 heavy (non-hydrogen) atoms. The standard InChI is InChI=1S/C16H32N2/c1-5-16(10-17-12(2)3)18(4)11-15-9-13-6-7-14(15)8-13/h12-17H,5-11H2,1-4H3. The van der Waals surface area contributed by atoms with Gasteiger partial charge in [0, 0.05) is 25.2 Å². The third-order valence-electron chi connectivity index (χ3n) is 5.26. The van der Waals surface area contributed by atoms with Crippen molar-refractivity contribution in [3.8, 4) is 0 Å². The highest BCUT2D eigenvalue weighted by Crippen LogP contribution is 2.48. The fourth-order valence-electron chi connectivity index (χ4n) is 4.10. The molecular weight excluding hydrogens is 220 g/mol. The molecule has 0 heterocycles. The van der Waals surface area contributed by atoms with Crippen molar-refractivity contribution in [2.24, 2.45) is 17.8 Å². The van der Waals surface area contributed by atoms with Crippen molar-refractivity contribution in [3.05, 3.63) is 0 Å². The Labute approximate surface area is 114 Å². The molecule has 2 heteroatoms. The second-order valence-electron chi connectivity index (χ2n) is 7.00. The summed E-state index contributed by atoms with van der Waals surface area (Å²) in [5, 5.41) is 3.59. The van der Waals surface area contributed by atoms with Gasteiger partial charge in [0.1, 0.15) is 0 Å². The second kappa shape index (κ2) is 6.38. The van der Waals surface area contributed by atoms with Crippen molar-refractivity contribution < 1.29 is 0 Å². The fourth-order valence-corrected chi connectivity index (χ4v) is 4.10. The quantitative estimate of drug-likeness (QED) is 0.749. The van der Waals surface area contributed by atoms with E-state index in [0.29, 0.717) is 12.1 Å². The zero-order valence-electron chi connectivity index (χ0n) is 12.8. The van der Waals surface area contributed by atoms with E-state index in [9.17, 15) is 0 Å². The summed E-state index contributed by atoms with van der Waals surface area (Å²) in [6.45, 7) is 9.28. The van der Waals surface area contributed by atoms with Crippen LogP contribution in [-0.2, 0) is 0 Å². The summed E-state index contributed by atoms with van der Waals surface area (Å²) in [4.78, 5) is 2.63. The van der Waals surface area contributed by atoms with Gasteiger partial charge < -0.3 is 10.2 Å². The van der Waals surface area contributed by atoms with E-state index in [1.54, 1.807) is 6.42 Å². The molecule has 4 unspecified atom stereocenters. The van der Waals surface area contributed by atoms with Gasteiger partial charge in [0.25, 0.3) is 0 Å². The molecule has 0 saturated heterocycles. The number of likely N-dealkylation sites (N-methyl/N-ethyl adjacent to an activating group) is 1. The molecule has 0 aromatic rings. The largest absolute Gasteiger partial charge is 0.313 e. The average Bonchev–Trinajstić information content (AvgIpc) is 2.91. The lowest BCUT2D eigenvalue weighted by molar-refractivity contribution is 0.164. The number of hydrogen-bond donors (Lipinski definition) is 1. The minimum absolute atomic E-state index is 0.606. The number of fused-ring (bicyclic) bond motifs is 2. The van der Waals surface area contributed by atoms with Crippen molar-refractivity contribution in [1.29, 1.82) is 0 Å². The van der Waals surface area contributed by atoms with E-state index in [4.69, 9.17) is 0 Å². The Bertz CT molecular complexity index is 251. The van der Waals surface area contributed by atoms with Crippen LogP contribution >= 0.6 is 0 Å². The maximum absolute atomic E-state index is 3.59. The molecule has 2 saturated carbocycles. The number of hydrogen-bond acceptors (Lipinski definition) is 2. The maximum Gasteiger partial charge on any atom is 0.0215 e. The molecule has 2 nitrogen and oxygen atoms in total. The predicted molar refractivity (Wildman–Crippen MR) is 78.8 cm³/mol. The van der Waals surface area contributed by atoms with E-state index in [2.05, 4.69) is 38.0 Å². The summed E-state index contributed by atoms with van der Waals surface area (Å²) in [6, 6.07) is 1.32. The van der Waals surface area contributed by atoms with Gasteiger partial charge in [-0.2, -0.15) is 0 Å². The summed E-state index contributed by atoms with van der Waals surface area (Å²) in [6.07, 6.45) is 7.36. The smallest absolute Gasteiger partial charge is 0.0215 e. The van der Waals surface area contributed by atoms with Gasteiger partial charge in [0.15, 0.2) is 0 Å². The summed E-state index contributed by atoms with van der Waals surface area (Å²) >= 11 is 0. The van der Waals surface area contributed by atoms with Crippen LogP contribution in [0.15, 0.2) is 0 Å². The molecule has 2 aliphatic rings. The minimum atomic E-state index is 0.606. The van der Waals surface area contributed by atoms with E-state index < -0.39 is 0 Å². The first-order valence-corrected chi connectivity index (χ1v) is 8.03. The highest BCUT2D eigenvalue weighted by atomic mass is 15.2. The minimum Gasteiger partial charge on any atom is -0.313 e. The first-order chi connectivity index (χ1) is 8.60. The zero-order chi connectivity index (χ0) is 13.1. The van der Waals surface area contributed by atoms with Crippen molar-refractivity contribution in [2.45, 2.75) is 65.0 Å². The van der Waals surface area contributed by atoms with Crippen LogP contribution in [0.25, 0.3) is 0 Å². The Balaban J connectivity index is 1.76. The van der Waals surface area contributed by atoms with Gasteiger partial charge in [-0.25, -0.2) is 0 Å². The van der Waals surface area contributed by atoms with Crippen molar-refractivity contribution in [2.75, 3.05) is 20.1 Å². The zero-order valence-corrected chi connectivity index (χ0v) is 12.8. The van der Waals surface area contributed by atoms with Gasteiger partial charge in [-0.1, -0.05) is 27.2 Å². The molecule has 1 N–H and O–H groups in total. The van der Waals surface area contributed by atoms with Crippen molar-refractivity contribution >= 4 is 0 Å². The van der Waals surface area contributed by atoms with Crippen LogP contribution in [0, 0.1) is 17.8 Å². The molecule has 2 bridgehead atoms. The molecule has 106 valence electrons. The Morgan fingerprint density at radius 3 is 2.50 bits per heavy atom. The number of nitrogens with one attached hydrogen (secondary N) is 1. The topological polar surface area (TPSA) is 15.3 Å². The Kier molecular flexibility index (Phi) is 5.08. The average molecular weight is 252 g/mol. The van der Waals surface area contributed by atoms with Crippen LogP contribution in [-0.4, -0.2) is 37.1 Å². The SMILES string of the molecule is CCC(CNC(C)C)N(C)CC1CC2CCC1C2. The van der Waals surface area contributed by atoms with Crippen LogP contribution in [0.1, 0.15) is 52.9 Å². The molecule has 2 fully saturated rings. The highest BCUT2D eigenvalue weighted by Gasteiger charge is 2.39. The van der Waals surface area contributed by atoms with E-state index in [1.807, 2.05) is 0 Å². The highest BCUT2D eigenvalue weighted by molar-refractivity contribution is 4.91. The molecule has 0 aromatic heterocycles. The fraction of sp³-hybridized carbons (Fsp3) is 1.00. The van der Waals surface area contributed by atoms with Gasteiger partial charge in [0.2, 0.25) is 0 Å². The third-order valence-corrected chi connectivity index (χ3v) is 5.26. The van der Waals surface area contributed by atoms with Crippen molar-refractivity contribution in [1.82, 2.24) is 10.2 Å². The van der Waals surface area contributed by atoms with E-state index in [1.165, 1.54) is 32.2 Å². The molecule has 0 amide bonds. The van der Waals surface area contributed by atoms with Gasteiger partial charge in [-0.05, 0) is 50.5 Å². The Morgan fingerprint density at radius 2 is 2.00 bits per heavy atom. The van der Waals surface area contributed by atoms with E-state index in [0.717, 1.165) is 24.3 Å². The van der Waals surface area contributed by atoms with E-state index >= 15 is 0 Å². The summed E-state index contributed by atoms with van der Waals surface area (Å²) in [5.74, 6) is 3.15. The third kappa shape index (κ3) is 3.48. The van der Waals surface area contributed by atoms with Gasteiger partial charge >= 0.3 is 0 Å². The lowest BCUT2D eigenvalue weighted by Crippen LogP contribution is -2.44. The monoisotopic (exact) mass is 252 g/mol. The molecule has 0 aliphatic heterocycles. The first kappa shape index (κ1) is 14.3. The lowest BCUT2D eigenvalue weighted by atomic mass is 9.88. The predicted octanol–water partition coefficient (Wildman–Crippen LogP) is 3.13. The molecule has 4 atom stereocenters. The molecule has 0 spiro atoms. The molecule has 0 aromatic carbocycles. The Morgan fingerprint density at radius 1 is 1.22 bits per heavy atom. The lowest BCUT2D eigenvalue weighted by Gasteiger charge is -2.33. The molecular formula is C16H32N2. The van der Waals surface area contributed by atoms with Crippen LogP contribution in [0.5, 0.6) is 0 Å². The molecule has 0 radical (unpaired) electrons. The molecule has 2 rings (SSSR count). The summed E-state index contributed by atoms with van der Waals surface area (Å²) in [7, 11) is 2.34. The van der Waals surface area contributed by atoms with Gasteiger partial charge in [0.05, 0.1) is 0 Å². The Hall–Kier alpha value is -0.0800. The van der Waals surface area contributed by atoms with Crippen LogP contribution in [0.3, 0.4) is 0 Å². The number of rotatable bonds is 7. The molecule has 2 aliphatic carbocycles. The summed E-state index contributed by atoms with van der Waals surface area (Å²) in [5.41, 5.74) is 0.